The van der Waals surface area contributed by atoms with Crippen LogP contribution in [0.1, 0.15) is 23.0 Å². The van der Waals surface area contributed by atoms with Crippen molar-refractivity contribution in [3.05, 3.63) is 78.4 Å². The summed E-state index contributed by atoms with van der Waals surface area (Å²) in [7, 11) is 0. The SMILES string of the molecule is CCOc1ccccc1C(=O)N(Cc1ccco1)c1ccccn1. The van der Waals surface area contributed by atoms with Gasteiger partial charge in [0.1, 0.15) is 17.3 Å². The molecule has 2 heterocycles. The molecule has 5 heteroatoms. The van der Waals surface area contributed by atoms with Gasteiger partial charge in [0.05, 0.1) is 25.0 Å². The first kappa shape index (κ1) is 15.8. The fourth-order valence-electron chi connectivity index (χ4n) is 2.40. The molecule has 0 radical (unpaired) electrons. The lowest BCUT2D eigenvalue weighted by Gasteiger charge is -2.22. The number of hydrogen-bond acceptors (Lipinski definition) is 4. The summed E-state index contributed by atoms with van der Waals surface area (Å²) in [6, 6.07) is 16.3. The van der Waals surface area contributed by atoms with Gasteiger partial charge < -0.3 is 9.15 Å². The molecule has 5 nitrogen and oxygen atoms in total. The maximum absolute atomic E-state index is 13.1. The maximum Gasteiger partial charge on any atom is 0.263 e. The first-order chi connectivity index (χ1) is 11.8. The minimum Gasteiger partial charge on any atom is -0.493 e. The number of carbonyl (C=O) groups is 1. The molecule has 0 bridgehead atoms. The van der Waals surface area contributed by atoms with Crippen LogP contribution in [0.25, 0.3) is 0 Å². The van der Waals surface area contributed by atoms with E-state index in [1.807, 2.05) is 37.3 Å². The van der Waals surface area contributed by atoms with Gasteiger partial charge in [-0.1, -0.05) is 18.2 Å². The Labute approximate surface area is 140 Å². The number of carbonyl (C=O) groups excluding carboxylic acids is 1. The quantitative estimate of drug-likeness (QED) is 0.690. The second kappa shape index (κ2) is 7.46. The first-order valence-electron chi connectivity index (χ1n) is 7.76. The zero-order valence-corrected chi connectivity index (χ0v) is 13.4. The normalized spacial score (nSPS) is 10.4. The van der Waals surface area contributed by atoms with Gasteiger partial charge in [-0.05, 0) is 43.3 Å². The molecule has 24 heavy (non-hydrogen) atoms. The number of amides is 1. The van der Waals surface area contributed by atoms with E-state index in [0.29, 0.717) is 36.0 Å². The zero-order chi connectivity index (χ0) is 16.8. The lowest BCUT2D eigenvalue weighted by molar-refractivity contribution is 0.0978. The van der Waals surface area contributed by atoms with Gasteiger partial charge in [0, 0.05) is 6.20 Å². The third kappa shape index (κ3) is 3.46. The topological polar surface area (TPSA) is 55.6 Å². The highest BCUT2D eigenvalue weighted by Crippen LogP contribution is 2.24. The third-order valence-electron chi connectivity index (χ3n) is 3.48. The van der Waals surface area contributed by atoms with Crippen LogP contribution in [0.3, 0.4) is 0 Å². The summed E-state index contributed by atoms with van der Waals surface area (Å²) >= 11 is 0. The molecular formula is C19H18N2O3. The van der Waals surface area contributed by atoms with Crippen LogP contribution in [-0.2, 0) is 6.54 Å². The van der Waals surface area contributed by atoms with Crippen molar-refractivity contribution >= 4 is 11.7 Å². The Bertz CT molecular complexity index is 785. The molecule has 0 aliphatic heterocycles. The van der Waals surface area contributed by atoms with Gasteiger partial charge in [-0.25, -0.2) is 4.98 Å². The number of anilines is 1. The zero-order valence-electron chi connectivity index (χ0n) is 13.4. The molecule has 0 aliphatic carbocycles. The summed E-state index contributed by atoms with van der Waals surface area (Å²) in [5.74, 6) is 1.62. The van der Waals surface area contributed by atoms with Crippen LogP contribution in [0.5, 0.6) is 5.75 Å². The van der Waals surface area contributed by atoms with E-state index in [2.05, 4.69) is 4.98 Å². The highest BCUT2D eigenvalue weighted by molar-refractivity contribution is 6.07. The van der Waals surface area contributed by atoms with Crippen molar-refractivity contribution in [2.75, 3.05) is 11.5 Å². The van der Waals surface area contributed by atoms with Crippen molar-refractivity contribution in [1.82, 2.24) is 4.98 Å². The molecule has 1 amide bonds. The fourth-order valence-corrected chi connectivity index (χ4v) is 2.40. The van der Waals surface area contributed by atoms with Gasteiger partial charge >= 0.3 is 0 Å². The van der Waals surface area contributed by atoms with Gasteiger partial charge in [0.2, 0.25) is 0 Å². The van der Waals surface area contributed by atoms with Crippen molar-refractivity contribution in [2.24, 2.45) is 0 Å². The van der Waals surface area contributed by atoms with Gasteiger partial charge in [-0.3, -0.25) is 9.69 Å². The summed E-state index contributed by atoms with van der Waals surface area (Å²) in [6.07, 6.45) is 3.25. The minimum atomic E-state index is -0.186. The molecule has 0 saturated heterocycles. The summed E-state index contributed by atoms with van der Waals surface area (Å²) < 4.78 is 11.0. The number of benzene rings is 1. The van der Waals surface area contributed by atoms with E-state index in [0.717, 1.165) is 0 Å². The monoisotopic (exact) mass is 322 g/mol. The Morgan fingerprint density at radius 3 is 2.67 bits per heavy atom. The van der Waals surface area contributed by atoms with E-state index in [9.17, 15) is 4.79 Å². The molecule has 3 rings (SSSR count). The standard InChI is InChI=1S/C19H18N2O3/c1-2-23-17-10-4-3-9-16(17)19(22)21(14-15-8-7-13-24-15)18-11-5-6-12-20-18/h3-13H,2,14H2,1H3. The van der Waals surface area contributed by atoms with Crippen molar-refractivity contribution in [2.45, 2.75) is 13.5 Å². The number of hydrogen-bond donors (Lipinski definition) is 0. The second-order valence-electron chi connectivity index (χ2n) is 5.09. The molecule has 0 aliphatic rings. The third-order valence-corrected chi connectivity index (χ3v) is 3.48. The van der Waals surface area contributed by atoms with Crippen molar-refractivity contribution in [1.29, 1.82) is 0 Å². The van der Waals surface area contributed by atoms with Crippen molar-refractivity contribution < 1.29 is 13.9 Å². The van der Waals surface area contributed by atoms with E-state index in [-0.39, 0.29) is 5.91 Å². The van der Waals surface area contributed by atoms with Crippen molar-refractivity contribution in [3.8, 4) is 5.75 Å². The fraction of sp³-hybridized carbons (Fsp3) is 0.158. The van der Waals surface area contributed by atoms with Gasteiger partial charge in [0.25, 0.3) is 5.91 Å². The molecular weight excluding hydrogens is 304 g/mol. The highest BCUT2D eigenvalue weighted by atomic mass is 16.5. The number of ether oxygens (including phenoxy) is 1. The number of furan rings is 1. The summed E-state index contributed by atoms with van der Waals surface area (Å²) in [4.78, 5) is 19.0. The molecule has 3 aromatic rings. The van der Waals surface area contributed by atoms with E-state index < -0.39 is 0 Å². The number of para-hydroxylation sites is 1. The molecule has 122 valence electrons. The highest BCUT2D eigenvalue weighted by Gasteiger charge is 2.23. The minimum absolute atomic E-state index is 0.186. The van der Waals surface area contributed by atoms with E-state index in [1.165, 1.54) is 0 Å². The lowest BCUT2D eigenvalue weighted by Crippen LogP contribution is -2.31. The van der Waals surface area contributed by atoms with Crippen LogP contribution >= 0.6 is 0 Å². The molecule has 0 spiro atoms. The average molecular weight is 322 g/mol. The Morgan fingerprint density at radius 1 is 1.12 bits per heavy atom. The van der Waals surface area contributed by atoms with Gasteiger partial charge in [-0.15, -0.1) is 0 Å². The average Bonchev–Trinajstić information content (AvgIpc) is 3.14. The van der Waals surface area contributed by atoms with Crippen LogP contribution in [0, 0.1) is 0 Å². The lowest BCUT2D eigenvalue weighted by atomic mass is 10.1. The van der Waals surface area contributed by atoms with E-state index in [1.54, 1.807) is 41.6 Å². The molecule has 0 unspecified atom stereocenters. The van der Waals surface area contributed by atoms with E-state index >= 15 is 0 Å². The molecule has 0 atom stereocenters. The molecule has 1 aromatic carbocycles. The maximum atomic E-state index is 13.1. The van der Waals surface area contributed by atoms with Crippen LogP contribution < -0.4 is 9.64 Å². The van der Waals surface area contributed by atoms with Crippen LogP contribution in [0.15, 0.2) is 71.5 Å². The Balaban J connectivity index is 1.97. The van der Waals surface area contributed by atoms with Crippen LogP contribution in [0.2, 0.25) is 0 Å². The molecule has 0 saturated carbocycles. The second-order valence-corrected chi connectivity index (χ2v) is 5.09. The number of pyridine rings is 1. The Kier molecular flexibility index (Phi) is 4.91. The number of aromatic nitrogens is 1. The first-order valence-corrected chi connectivity index (χ1v) is 7.76. The predicted molar refractivity (Wildman–Crippen MR) is 91.1 cm³/mol. The van der Waals surface area contributed by atoms with Gasteiger partial charge in [-0.2, -0.15) is 0 Å². The smallest absolute Gasteiger partial charge is 0.263 e. The molecule has 2 aromatic heterocycles. The van der Waals surface area contributed by atoms with Crippen molar-refractivity contribution in [3.63, 3.8) is 0 Å². The Hall–Kier alpha value is -3.08. The van der Waals surface area contributed by atoms with Gasteiger partial charge in [0.15, 0.2) is 0 Å². The summed E-state index contributed by atoms with van der Waals surface area (Å²) in [6.45, 7) is 2.68. The predicted octanol–water partition coefficient (Wildman–Crippen LogP) is 3.92. The van der Waals surface area contributed by atoms with Crippen LogP contribution in [0.4, 0.5) is 5.82 Å². The number of nitrogens with zero attached hydrogens (tertiary/aromatic N) is 2. The summed E-state index contributed by atoms with van der Waals surface area (Å²) in [5, 5.41) is 0. The summed E-state index contributed by atoms with van der Waals surface area (Å²) in [5.41, 5.74) is 0.497. The Morgan fingerprint density at radius 2 is 1.96 bits per heavy atom. The molecule has 0 fully saturated rings. The number of rotatable bonds is 6. The largest absolute Gasteiger partial charge is 0.493 e. The van der Waals surface area contributed by atoms with E-state index in [4.69, 9.17) is 9.15 Å². The van der Waals surface area contributed by atoms with Crippen LogP contribution in [-0.4, -0.2) is 17.5 Å². The molecule has 0 N–H and O–H groups in total.